The lowest BCUT2D eigenvalue weighted by Crippen LogP contribution is -2.26. The molecule has 106 valence electrons. The fourth-order valence-electron chi connectivity index (χ4n) is 3.18. The molecular formula is C17H23N3. The Morgan fingerprint density at radius 2 is 1.95 bits per heavy atom. The van der Waals surface area contributed by atoms with Crippen molar-refractivity contribution in [2.24, 2.45) is 5.41 Å². The number of anilines is 1. The Kier molecular flexibility index (Phi) is 3.28. The molecule has 0 bridgehead atoms. The number of hydrogen-bond donors (Lipinski definition) is 2. The van der Waals surface area contributed by atoms with E-state index in [1.165, 1.54) is 23.2 Å². The normalized spacial score (nSPS) is 18.4. The van der Waals surface area contributed by atoms with Crippen LogP contribution in [0.4, 0.5) is 5.82 Å². The number of nitrogens with zero attached hydrogens (tertiary/aromatic N) is 1. The van der Waals surface area contributed by atoms with E-state index in [0.29, 0.717) is 5.92 Å². The molecule has 0 radical (unpaired) electrons. The van der Waals surface area contributed by atoms with Crippen molar-refractivity contribution in [2.75, 3.05) is 11.9 Å². The SMILES string of the molecule is CC(C)(C)C1CCNc2n[nH]c(Cc3ccccc3)c21. The first kappa shape index (κ1) is 13.2. The van der Waals surface area contributed by atoms with Crippen LogP contribution in [-0.2, 0) is 6.42 Å². The van der Waals surface area contributed by atoms with Crippen LogP contribution in [-0.4, -0.2) is 16.7 Å². The fourth-order valence-corrected chi connectivity index (χ4v) is 3.18. The van der Waals surface area contributed by atoms with E-state index in [4.69, 9.17) is 0 Å². The summed E-state index contributed by atoms with van der Waals surface area (Å²) in [5.74, 6) is 1.62. The van der Waals surface area contributed by atoms with Crippen molar-refractivity contribution in [3.63, 3.8) is 0 Å². The minimum atomic E-state index is 0.270. The molecule has 0 saturated carbocycles. The van der Waals surface area contributed by atoms with Gasteiger partial charge in [0.2, 0.25) is 0 Å². The van der Waals surface area contributed by atoms with E-state index in [9.17, 15) is 0 Å². The van der Waals surface area contributed by atoms with Crippen molar-refractivity contribution in [1.82, 2.24) is 10.2 Å². The van der Waals surface area contributed by atoms with Crippen LogP contribution in [0.1, 0.15) is 49.9 Å². The molecule has 0 saturated heterocycles. The average Bonchev–Trinajstić information content (AvgIpc) is 2.82. The fraction of sp³-hybridized carbons (Fsp3) is 0.471. The second-order valence-corrected chi connectivity index (χ2v) is 6.76. The minimum Gasteiger partial charge on any atom is -0.368 e. The van der Waals surface area contributed by atoms with E-state index < -0.39 is 0 Å². The second kappa shape index (κ2) is 4.97. The van der Waals surface area contributed by atoms with Crippen LogP contribution < -0.4 is 5.32 Å². The molecule has 0 fully saturated rings. The summed E-state index contributed by atoms with van der Waals surface area (Å²) in [6, 6.07) is 10.6. The maximum atomic E-state index is 4.48. The third kappa shape index (κ3) is 2.45. The number of aromatic amines is 1. The highest BCUT2D eigenvalue weighted by Gasteiger charge is 2.34. The van der Waals surface area contributed by atoms with Gasteiger partial charge in [0, 0.05) is 24.2 Å². The highest BCUT2D eigenvalue weighted by molar-refractivity contribution is 5.52. The Hall–Kier alpha value is -1.77. The van der Waals surface area contributed by atoms with Gasteiger partial charge in [0.05, 0.1) is 0 Å². The molecule has 1 aromatic carbocycles. The van der Waals surface area contributed by atoms with E-state index in [-0.39, 0.29) is 5.41 Å². The van der Waals surface area contributed by atoms with Crippen molar-refractivity contribution in [2.45, 2.75) is 39.5 Å². The largest absolute Gasteiger partial charge is 0.368 e. The molecule has 2 N–H and O–H groups in total. The second-order valence-electron chi connectivity index (χ2n) is 6.76. The molecule has 20 heavy (non-hydrogen) atoms. The van der Waals surface area contributed by atoms with Gasteiger partial charge >= 0.3 is 0 Å². The molecule has 0 spiro atoms. The van der Waals surface area contributed by atoms with Crippen LogP contribution in [0, 0.1) is 5.41 Å². The standard InChI is InChI=1S/C17H23N3/c1-17(2,3)13-9-10-18-16-15(13)14(19-20-16)11-12-7-5-4-6-8-12/h4-8,13H,9-11H2,1-3H3,(H2,18,19,20). The number of nitrogens with one attached hydrogen (secondary N) is 2. The number of fused-ring (bicyclic) bond motifs is 1. The Morgan fingerprint density at radius 3 is 2.65 bits per heavy atom. The zero-order valence-corrected chi connectivity index (χ0v) is 12.5. The van der Waals surface area contributed by atoms with E-state index in [1.807, 2.05) is 0 Å². The molecule has 2 heterocycles. The number of aromatic nitrogens is 2. The molecule has 1 aliphatic heterocycles. The van der Waals surface area contributed by atoms with E-state index in [0.717, 1.165) is 18.8 Å². The van der Waals surface area contributed by atoms with Crippen LogP contribution in [0.3, 0.4) is 0 Å². The van der Waals surface area contributed by atoms with E-state index in [1.54, 1.807) is 0 Å². The van der Waals surface area contributed by atoms with Gasteiger partial charge in [0.25, 0.3) is 0 Å². The lowest BCUT2D eigenvalue weighted by molar-refractivity contribution is 0.304. The monoisotopic (exact) mass is 269 g/mol. The maximum absolute atomic E-state index is 4.48. The number of H-pyrrole nitrogens is 1. The molecular weight excluding hydrogens is 246 g/mol. The third-order valence-corrected chi connectivity index (χ3v) is 4.23. The van der Waals surface area contributed by atoms with Crippen molar-refractivity contribution in [3.05, 3.63) is 47.2 Å². The Morgan fingerprint density at radius 1 is 1.20 bits per heavy atom. The van der Waals surface area contributed by atoms with Gasteiger partial charge in [-0.1, -0.05) is 51.1 Å². The Balaban J connectivity index is 1.96. The number of benzene rings is 1. The van der Waals surface area contributed by atoms with Gasteiger partial charge in [-0.3, -0.25) is 5.10 Å². The van der Waals surface area contributed by atoms with Crippen molar-refractivity contribution >= 4 is 5.82 Å². The summed E-state index contributed by atoms with van der Waals surface area (Å²) in [6.45, 7) is 7.99. The highest BCUT2D eigenvalue weighted by Crippen LogP contribution is 2.44. The summed E-state index contributed by atoms with van der Waals surface area (Å²) < 4.78 is 0. The first-order chi connectivity index (χ1) is 9.55. The zero-order valence-electron chi connectivity index (χ0n) is 12.5. The molecule has 3 nitrogen and oxygen atoms in total. The summed E-state index contributed by atoms with van der Waals surface area (Å²) in [4.78, 5) is 0. The van der Waals surface area contributed by atoms with Gasteiger partial charge < -0.3 is 5.32 Å². The van der Waals surface area contributed by atoms with Crippen LogP contribution >= 0.6 is 0 Å². The smallest absolute Gasteiger partial charge is 0.151 e. The zero-order chi connectivity index (χ0) is 14.2. The lowest BCUT2D eigenvalue weighted by Gasteiger charge is -2.34. The molecule has 3 heteroatoms. The van der Waals surface area contributed by atoms with E-state index in [2.05, 4.69) is 66.6 Å². The molecule has 1 unspecified atom stereocenters. The lowest BCUT2D eigenvalue weighted by atomic mass is 9.73. The van der Waals surface area contributed by atoms with Gasteiger partial charge in [-0.15, -0.1) is 0 Å². The summed E-state index contributed by atoms with van der Waals surface area (Å²) in [7, 11) is 0. The summed E-state index contributed by atoms with van der Waals surface area (Å²) >= 11 is 0. The van der Waals surface area contributed by atoms with Crippen molar-refractivity contribution < 1.29 is 0 Å². The topological polar surface area (TPSA) is 40.7 Å². The number of hydrogen-bond acceptors (Lipinski definition) is 2. The summed E-state index contributed by atoms with van der Waals surface area (Å²) in [6.07, 6.45) is 2.11. The molecule has 1 aliphatic rings. The molecule has 3 rings (SSSR count). The van der Waals surface area contributed by atoms with Crippen LogP contribution in [0.15, 0.2) is 30.3 Å². The molecule has 0 amide bonds. The Bertz CT molecular complexity index is 578. The predicted molar refractivity (Wildman–Crippen MR) is 83.1 cm³/mol. The van der Waals surface area contributed by atoms with Crippen LogP contribution in [0.2, 0.25) is 0 Å². The van der Waals surface area contributed by atoms with Gasteiger partial charge in [0.1, 0.15) is 0 Å². The average molecular weight is 269 g/mol. The highest BCUT2D eigenvalue weighted by atomic mass is 15.2. The van der Waals surface area contributed by atoms with Crippen molar-refractivity contribution in [3.8, 4) is 0 Å². The van der Waals surface area contributed by atoms with Crippen LogP contribution in [0.5, 0.6) is 0 Å². The first-order valence-corrected chi connectivity index (χ1v) is 7.40. The number of rotatable bonds is 2. The summed E-state index contributed by atoms with van der Waals surface area (Å²) in [5, 5.41) is 11.2. The Labute approximate surface area is 120 Å². The molecule has 1 atom stereocenters. The van der Waals surface area contributed by atoms with Gasteiger partial charge in [-0.25, -0.2) is 0 Å². The maximum Gasteiger partial charge on any atom is 0.151 e. The van der Waals surface area contributed by atoms with E-state index >= 15 is 0 Å². The van der Waals surface area contributed by atoms with Gasteiger partial charge in [0.15, 0.2) is 5.82 Å². The van der Waals surface area contributed by atoms with Gasteiger partial charge in [-0.05, 0) is 23.3 Å². The molecule has 1 aromatic heterocycles. The minimum absolute atomic E-state index is 0.270. The predicted octanol–water partition coefficient (Wildman–Crippen LogP) is 3.95. The summed E-state index contributed by atoms with van der Waals surface area (Å²) in [5.41, 5.74) is 4.26. The van der Waals surface area contributed by atoms with Gasteiger partial charge in [-0.2, -0.15) is 5.10 Å². The van der Waals surface area contributed by atoms with Crippen LogP contribution in [0.25, 0.3) is 0 Å². The quantitative estimate of drug-likeness (QED) is 0.866. The molecule has 2 aromatic rings. The molecule has 0 aliphatic carbocycles. The van der Waals surface area contributed by atoms with Crippen molar-refractivity contribution in [1.29, 1.82) is 0 Å². The third-order valence-electron chi connectivity index (χ3n) is 4.23. The first-order valence-electron chi connectivity index (χ1n) is 7.40.